The van der Waals surface area contributed by atoms with Gasteiger partial charge in [-0.1, -0.05) is 46.9 Å². The molecule has 0 amide bonds. The van der Waals surface area contributed by atoms with Crippen LogP contribution < -0.4 is 4.74 Å². The number of carbonyl (C=O) groups is 1. The molecule has 0 saturated heterocycles. The van der Waals surface area contributed by atoms with Gasteiger partial charge in [-0.3, -0.25) is 4.79 Å². The maximum absolute atomic E-state index is 12.2. The van der Waals surface area contributed by atoms with Gasteiger partial charge in [0.25, 0.3) is 0 Å². The Morgan fingerprint density at radius 3 is 2.54 bits per heavy atom. The second-order valence-electron chi connectivity index (χ2n) is 5.35. The van der Waals surface area contributed by atoms with Crippen LogP contribution in [0.2, 0.25) is 15.1 Å². The summed E-state index contributed by atoms with van der Waals surface area (Å²) in [6.07, 6.45) is 3.00. The van der Waals surface area contributed by atoms with E-state index in [4.69, 9.17) is 44.0 Å². The van der Waals surface area contributed by atoms with Crippen LogP contribution in [0.15, 0.2) is 65.1 Å². The predicted octanol–water partition coefficient (Wildman–Crippen LogP) is 6.71. The summed E-state index contributed by atoms with van der Waals surface area (Å²) in [6.45, 7) is 0.234. The highest BCUT2D eigenvalue weighted by atomic mass is 35.5. The number of halogens is 3. The molecule has 132 valence electrons. The standard InChI is InChI=1S/C20H13Cl3O3/c21-16-9-5-13(11-18(16)23)19(24)10-8-14-6-7-15(26-14)12-25-20-4-2-1-3-17(20)22/h1-11H,12H2/b10-8+. The number of hydrogen-bond acceptors (Lipinski definition) is 3. The van der Waals surface area contributed by atoms with E-state index in [9.17, 15) is 4.79 Å². The quantitative estimate of drug-likeness (QED) is 0.336. The SMILES string of the molecule is O=C(/C=C/c1ccc(COc2ccccc2Cl)o1)c1ccc(Cl)c(Cl)c1. The Hall–Kier alpha value is -2.20. The maximum Gasteiger partial charge on any atom is 0.186 e. The Morgan fingerprint density at radius 1 is 0.962 bits per heavy atom. The number of para-hydroxylation sites is 1. The van der Waals surface area contributed by atoms with Crippen molar-refractivity contribution in [2.24, 2.45) is 0 Å². The number of furan rings is 1. The van der Waals surface area contributed by atoms with Crippen molar-refractivity contribution in [1.29, 1.82) is 0 Å². The minimum Gasteiger partial charge on any atom is -0.484 e. The first kappa shape index (κ1) is 18.6. The third kappa shape index (κ3) is 4.70. The molecule has 2 aromatic carbocycles. The van der Waals surface area contributed by atoms with E-state index in [1.807, 2.05) is 12.1 Å². The van der Waals surface area contributed by atoms with Gasteiger partial charge in [-0.25, -0.2) is 0 Å². The lowest BCUT2D eigenvalue weighted by molar-refractivity contribution is 0.104. The molecule has 0 saturated carbocycles. The highest BCUT2D eigenvalue weighted by Gasteiger charge is 2.07. The van der Waals surface area contributed by atoms with Crippen molar-refractivity contribution in [3.8, 4) is 5.75 Å². The lowest BCUT2D eigenvalue weighted by Gasteiger charge is -2.05. The first-order valence-corrected chi connectivity index (χ1v) is 8.80. The van der Waals surface area contributed by atoms with E-state index < -0.39 is 0 Å². The summed E-state index contributed by atoms with van der Waals surface area (Å²) in [4.78, 5) is 12.2. The first-order chi connectivity index (χ1) is 12.5. The van der Waals surface area contributed by atoms with Crippen molar-refractivity contribution < 1.29 is 13.9 Å². The van der Waals surface area contributed by atoms with Gasteiger partial charge in [-0.15, -0.1) is 0 Å². The summed E-state index contributed by atoms with van der Waals surface area (Å²) >= 11 is 17.8. The van der Waals surface area contributed by atoms with E-state index in [-0.39, 0.29) is 12.4 Å². The van der Waals surface area contributed by atoms with Gasteiger partial charge in [0.15, 0.2) is 5.78 Å². The zero-order valence-corrected chi connectivity index (χ0v) is 15.7. The molecule has 0 unspecified atom stereocenters. The van der Waals surface area contributed by atoms with Gasteiger partial charge in [-0.2, -0.15) is 0 Å². The molecule has 1 aromatic heterocycles. The van der Waals surface area contributed by atoms with Crippen LogP contribution in [0.4, 0.5) is 0 Å². The van der Waals surface area contributed by atoms with Crippen molar-refractivity contribution >= 4 is 46.7 Å². The molecule has 3 nitrogen and oxygen atoms in total. The average Bonchev–Trinajstić information content (AvgIpc) is 3.09. The van der Waals surface area contributed by atoms with E-state index in [0.29, 0.717) is 37.9 Å². The van der Waals surface area contributed by atoms with Crippen LogP contribution in [0, 0.1) is 0 Å². The van der Waals surface area contributed by atoms with E-state index in [1.54, 1.807) is 42.5 Å². The number of ether oxygens (including phenoxy) is 1. The molecule has 0 aliphatic rings. The fourth-order valence-electron chi connectivity index (χ4n) is 2.18. The minimum absolute atomic E-state index is 0.200. The molecule has 26 heavy (non-hydrogen) atoms. The number of hydrogen-bond donors (Lipinski definition) is 0. The fourth-order valence-corrected chi connectivity index (χ4v) is 2.66. The monoisotopic (exact) mass is 406 g/mol. The van der Waals surface area contributed by atoms with Gasteiger partial charge >= 0.3 is 0 Å². The third-order valence-electron chi connectivity index (χ3n) is 3.49. The van der Waals surface area contributed by atoms with Crippen LogP contribution in [0.1, 0.15) is 21.9 Å². The second kappa shape index (κ2) is 8.45. The van der Waals surface area contributed by atoms with Crippen LogP contribution in [0.5, 0.6) is 5.75 Å². The van der Waals surface area contributed by atoms with Crippen LogP contribution in [-0.4, -0.2) is 5.78 Å². The molecule has 0 aliphatic heterocycles. The highest BCUT2D eigenvalue weighted by molar-refractivity contribution is 6.42. The second-order valence-corrected chi connectivity index (χ2v) is 6.57. The first-order valence-electron chi connectivity index (χ1n) is 7.66. The maximum atomic E-state index is 12.2. The average molecular weight is 408 g/mol. The van der Waals surface area contributed by atoms with E-state index in [0.717, 1.165) is 0 Å². The molecule has 3 rings (SSSR count). The smallest absolute Gasteiger partial charge is 0.186 e. The summed E-state index contributed by atoms with van der Waals surface area (Å²) in [6, 6.07) is 15.5. The van der Waals surface area contributed by atoms with Gasteiger partial charge in [0.2, 0.25) is 0 Å². The molecule has 0 aliphatic carbocycles. The summed E-state index contributed by atoms with van der Waals surface area (Å²) in [5, 5.41) is 1.27. The van der Waals surface area contributed by atoms with Crippen molar-refractivity contribution in [2.75, 3.05) is 0 Å². The summed E-state index contributed by atoms with van der Waals surface area (Å²) in [5.41, 5.74) is 0.449. The summed E-state index contributed by atoms with van der Waals surface area (Å²) in [5.74, 6) is 1.54. The molecule has 0 spiro atoms. The Balaban J connectivity index is 1.62. The number of ketones is 1. The van der Waals surface area contributed by atoms with Crippen LogP contribution in [0.3, 0.4) is 0 Å². The van der Waals surface area contributed by atoms with Crippen molar-refractivity contribution in [1.82, 2.24) is 0 Å². The Kier molecular flexibility index (Phi) is 6.04. The summed E-state index contributed by atoms with van der Waals surface area (Å²) in [7, 11) is 0. The minimum atomic E-state index is -0.200. The molecular weight excluding hydrogens is 395 g/mol. The van der Waals surface area contributed by atoms with Gasteiger partial charge in [0, 0.05) is 5.56 Å². The molecule has 1 heterocycles. The Morgan fingerprint density at radius 2 is 1.77 bits per heavy atom. The number of benzene rings is 2. The lowest BCUT2D eigenvalue weighted by Crippen LogP contribution is -1.94. The molecule has 0 radical (unpaired) electrons. The zero-order chi connectivity index (χ0) is 18.5. The fraction of sp³-hybridized carbons (Fsp3) is 0.0500. The van der Waals surface area contributed by atoms with E-state index in [1.165, 1.54) is 12.1 Å². The van der Waals surface area contributed by atoms with Crippen LogP contribution >= 0.6 is 34.8 Å². The highest BCUT2D eigenvalue weighted by Crippen LogP contribution is 2.25. The zero-order valence-electron chi connectivity index (χ0n) is 13.4. The van der Waals surface area contributed by atoms with Gasteiger partial charge in [0.05, 0.1) is 15.1 Å². The molecular formula is C20H13Cl3O3. The lowest BCUT2D eigenvalue weighted by atomic mass is 10.1. The van der Waals surface area contributed by atoms with Gasteiger partial charge in [-0.05, 0) is 54.6 Å². The van der Waals surface area contributed by atoms with Gasteiger partial charge in [0.1, 0.15) is 23.9 Å². The van der Waals surface area contributed by atoms with Crippen molar-refractivity contribution in [3.05, 3.63) is 92.8 Å². The molecule has 3 aromatic rings. The molecule has 6 heteroatoms. The van der Waals surface area contributed by atoms with Crippen molar-refractivity contribution in [3.63, 3.8) is 0 Å². The molecule has 0 N–H and O–H groups in total. The Labute approximate surface area is 165 Å². The topological polar surface area (TPSA) is 39.4 Å². The van der Waals surface area contributed by atoms with E-state index >= 15 is 0 Å². The van der Waals surface area contributed by atoms with Crippen LogP contribution in [0.25, 0.3) is 6.08 Å². The number of carbonyl (C=O) groups excluding carboxylic acids is 1. The third-order valence-corrected chi connectivity index (χ3v) is 4.54. The molecule has 0 fully saturated rings. The molecule has 0 atom stereocenters. The Bertz CT molecular complexity index is 960. The number of allylic oxidation sites excluding steroid dienone is 1. The van der Waals surface area contributed by atoms with Gasteiger partial charge < -0.3 is 9.15 Å². The van der Waals surface area contributed by atoms with Crippen LogP contribution in [-0.2, 0) is 6.61 Å². The normalized spacial score (nSPS) is 11.0. The molecule has 0 bridgehead atoms. The largest absolute Gasteiger partial charge is 0.484 e. The predicted molar refractivity (Wildman–Crippen MR) is 104 cm³/mol. The van der Waals surface area contributed by atoms with Crippen molar-refractivity contribution in [2.45, 2.75) is 6.61 Å². The van der Waals surface area contributed by atoms with E-state index in [2.05, 4.69) is 0 Å². The number of rotatable bonds is 6. The summed E-state index contributed by atoms with van der Waals surface area (Å²) < 4.78 is 11.2.